The van der Waals surface area contributed by atoms with Gasteiger partial charge in [-0.1, -0.05) is 35.9 Å². The van der Waals surface area contributed by atoms with Crippen molar-refractivity contribution >= 4 is 28.9 Å². The first kappa shape index (κ1) is 28.0. The molecule has 4 aromatic rings. The van der Waals surface area contributed by atoms with Gasteiger partial charge in [0, 0.05) is 41.8 Å². The number of nitrogens with zero attached hydrogens (tertiary/aromatic N) is 1. The molecule has 0 radical (unpaired) electrons. The van der Waals surface area contributed by atoms with Crippen LogP contribution in [0.2, 0.25) is 5.02 Å². The number of hydrogen-bond acceptors (Lipinski definition) is 5. The van der Waals surface area contributed by atoms with Crippen LogP contribution in [-0.2, 0) is 11.3 Å². The fourth-order valence-corrected chi connectivity index (χ4v) is 5.88. The number of rotatable bonds is 10. The molecule has 1 heterocycles. The van der Waals surface area contributed by atoms with Gasteiger partial charge in [-0.25, -0.2) is 0 Å². The van der Waals surface area contributed by atoms with Gasteiger partial charge in [-0.05, 0) is 104 Å². The molecule has 6 rings (SSSR count). The van der Waals surface area contributed by atoms with E-state index in [0.29, 0.717) is 24.5 Å². The Kier molecular flexibility index (Phi) is 8.52. The van der Waals surface area contributed by atoms with Crippen LogP contribution in [0.15, 0.2) is 91.0 Å². The molecule has 1 saturated carbocycles. The predicted octanol–water partition coefficient (Wildman–Crippen LogP) is 8.59. The number of benzene rings is 4. The number of hydrogen-bond donors (Lipinski definition) is 1. The van der Waals surface area contributed by atoms with Gasteiger partial charge in [-0.3, -0.25) is 4.79 Å². The fourth-order valence-electron chi connectivity index (χ4n) is 5.75. The highest BCUT2D eigenvalue weighted by molar-refractivity contribution is 6.30. The molecule has 42 heavy (non-hydrogen) atoms. The van der Waals surface area contributed by atoms with E-state index in [1.54, 1.807) is 7.11 Å². The Morgan fingerprint density at radius 3 is 2.50 bits per heavy atom. The molecule has 216 valence electrons. The van der Waals surface area contributed by atoms with Gasteiger partial charge in [0.05, 0.1) is 13.2 Å². The molecular formula is C35H35ClN2O4. The molecule has 4 aromatic carbocycles. The number of ether oxygens (including phenoxy) is 3. The molecule has 1 unspecified atom stereocenters. The third kappa shape index (κ3) is 6.66. The first-order valence-electron chi connectivity index (χ1n) is 14.6. The number of carbonyl (C=O) groups excluding carboxylic acids is 1. The minimum Gasteiger partial charge on any atom is -0.493 e. The topological polar surface area (TPSA) is 60.0 Å². The molecule has 1 N–H and O–H groups in total. The molecule has 2 fully saturated rings. The summed E-state index contributed by atoms with van der Waals surface area (Å²) in [5, 5.41) is 4.17. The molecule has 6 nitrogen and oxygen atoms in total. The summed E-state index contributed by atoms with van der Waals surface area (Å²) < 4.78 is 17.9. The van der Waals surface area contributed by atoms with Crippen LogP contribution in [0.5, 0.6) is 23.0 Å². The van der Waals surface area contributed by atoms with Crippen LogP contribution in [-0.4, -0.2) is 25.7 Å². The maximum absolute atomic E-state index is 13.2. The standard InChI is InChI=1S/C35H35ClN2O4/c1-40-33-17-12-25(19-34(33)42-30-9-2-3-10-30)26-20-35(39)38(23-26)29-8-5-7-28(21-29)37-22-24-6-4-11-32(18-24)41-31-15-13-27(36)14-16-31/h4-8,11-19,21,26,30,37H,2-3,9-10,20,22-23H2,1H3. The van der Waals surface area contributed by atoms with E-state index < -0.39 is 0 Å². The Labute approximate surface area is 252 Å². The Hall–Kier alpha value is -4.16. The van der Waals surface area contributed by atoms with Crippen molar-refractivity contribution in [2.75, 3.05) is 23.9 Å². The third-order valence-electron chi connectivity index (χ3n) is 7.98. The van der Waals surface area contributed by atoms with Gasteiger partial charge in [0.25, 0.3) is 0 Å². The highest BCUT2D eigenvalue weighted by Gasteiger charge is 2.32. The number of methoxy groups -OCH3 is 1. The molecule has 0 spiro atoms. The van der Waals surface area contributed by atoms with Gasteiger partial charge < -0.3 is 24.4 Å². The zero-order valence-corrected chi connectivity index (χ0v) is 24.5. The zero-order valence-electron chi connectivity index (χ0n) is 23.7. The van der Waals surface area contributed by atoms with Crippen LogP contribution in [0.1, 0.15) is 49.1 Å². The average Bonchev–Trinajstić information content (AvgIpc) is 3.67. The molecule has 1 saturated heterocycles. The van der Waals surface area contributed by atoms with E-state index >= 15 is 0 Å². The third-order valence-corrected chi connectivity index (χ3v) is 8.23. The molecule has 0 aromatic heterocycles. The summed E-state index contributed by atoms with van der Waals surface area (Å²) >= 11 is 5.98. The van der Waals surface area contributed by atoms with E-state index in [1.807, 2.05) is 77.7 Å². The number of carbonyl (C=O) groups is 1. The van der Waals surface area contributed by atoms with Crippen LogP contribution >= 0.6 is 11.6 Å². The lowest BCUT2D eigenvalue weighted by molar-refractivity contribution is -0.117. The second kappa shape index (κ2) is 12.8. The lowest BCUT2D eigenvalue weighted by Crippen LogP contribution is -2.24. The van der Waals surface area contributed by atoms with Gasteiger partial charge in [-0.15, -0.1) is 0 Å². The zero-order chi connectivity index (χ0) is 28.9. The van der Waals surface area contributed by atoms with E-state index in [1.165, 1.54) is 12.8 Å². The van der Waals surface area contributed by atoms with E-state index in [9.17, 15) is 4.79 Å². The highest BCUT2D eigenvalue weighted by atomic mass is 35.5. The van der Waals surface area contributed by atoms with Crippen molar-refractivity contribution in [3.8, 4) is 23.0 Å². The minimum atomic E-state index is 0.0920. The van der Waals surface area contributed by atoms with Crippen LogP contribution in [0.4, 0.5) is 11.4 Å². The summed E-state index contributed by atoms with van der Waals surface area (Å²) in [6.07, 6.45) is 5.28. The first-order valence-corrected chi connectivity index (χ1v) is 14.9. The number of anilines is 2. The van der Waals surface area contributed by atoms with Gasteiger partial charge >= 0.3 is 0 Å². The first-order chi connectivity index (χ1) is 20.5. The van der Waals surface area contributed by atoms with Crippen molar-refractivity contribution in [1.82, 2.24) is 0 Å². The normalized spacial score (nSPS) is 17.0. The van der Waals surface area contributed by atoms with Gasteiger partial charge in [0.1, 0.15) is 11.5 Å². The summed E-state index contributed by atoms with van der Waals surface area (Å²) in [5.74, 6) is 3.23. The number of nitrogens with one attached hydrogen (secondary N) is 1. The quantitative estimate of drug-likeness (QED) is 0.203. The van der Waals surface area contributed by atoms with Crippen molar-refractivity contribution in [1.29, 1.82) is 0 Å². The molecule has 1 aliphatic carbocycles. The maximum atomic E-state index is 13.2. The second-order valence-electron chi connectivity index (χ2n) is 10.9. The Bertz CT molecular complexity index is 1530. The predicted molar refractivity (Wildman–Crippen MR) is 167 cm³/mol. The smallest absolute Gasteiger partial charge is 0.227 e. The summed E-state index contributed by atoms with van der Waals surface area (Å²) in [7, 11) is 1.67. The summed E-state index contributed by atoms with van der Waals surface area (Å²) in [6.45, 7) is 1.25. The molecule has 7 heteroatoms. The SMILES string of the molecule is COc1ccc(C2CC(=O)N(c3cccc(NCc4cccc(Oc5ccc(Cl)cc5)c4)c3)C2)cc1OC1CCCC1. The average molecular weight is 583 g/mol. The van der Waals surface area contributed by atoms with Crippen molar-refractivity contribution in [3.63, 3.8) is 0 Å². The summed E-state index contributed by atoms with van der Waals surface area (Å²) in [6, 6.07) is 29.4. The molecular weight excluding hydrogens is 548 g/mol. The fraction of sp³-hybridized carbons (Fsp3) is 0.286. The number of amides is 1. The molecule has 2 aliphatic rings. The van der Waals surface area contributed by atoms with Crippen molar-refractivity contribution < 1.29 is 19.0 Å². The van der Waals surface area contributed by atoms with Crippen molar-refractivity contribution in [2.24, 2.45) is 0 Å². The Balaban J connectivity index is 1.10. The van der Waals surface area contributed by atoms with Crippen molar-refractivity contribution in [2.45, 2.75) is 50.7 Å². The number of halogens is 1. The van der Waals surface area contributed by atoms with E-state index in [2.05, 4.69) is 23.5 Å². The van der Waals surface area contributed by atoms with Crippen LogP contribution in [0.3, 0.4) is 0 Å². The molecule has 1 aliphatic heterocycles. The molecule has 0 bridgehead atoms. The molecule has 1 atom stereocenters. The monoisotopic (exact) mass is 582 g/mol. The lowest BCUT2D eigenvalue weighted by atomic mass is 9.98. The van der Waals surface area contributed by atoms with Gasteiger partial charge in [-0.2, -0.15) is 0 Å². The van der Waals surface area contributed by atoms with E-state index in [0.717, 1.165) is 58.3 Å². The Morgan fingerprint density at radius 1 is 0.881 bits per heavy atom. The lowest BCUT2D eigenvalue weighted by Gasteiger charge is -2.20. The summed E-state index contributed by atoms with van der Waals surface area (Å²) in [4.78, 5) is 15.1. The second-order valence-corrected chi connectivity index (χ2v) is 11.4. The summed E-state index contributed by atoms with van der Waals surface area (Å²) in [5.41, 5.74) is 4.03. The van der Waals surface area contributed by atoms with Crippen LogP contribution in [0.25, 0.3) is 0 Å². The molecule has 1 amide bonds. The maximum Gasteiger partial charge on any atom is 0.227 e. The van der Waals surface area contributed by atoms with Crippen LogP contribution < -0.4 is 24.4 Å². The van der Waals surface area contributed by atoms with Crippen molar-refractivity contribution in [3.05, 3.63) is 107 Å². The van der Waals surface area contributed by atoms with E-state index in [4.69, 9.17) is 25.8 Å². The largest absolute Gasteiger partial charge is 0.493 e. The Morgan fingerprint density at radius 2 is 1.69 bits per heavy atom. The highest BCUT2D eigenvalue weighted by Crippen LogP contribution is 2.38. The van der Waals surface area contributed by atoms with Gasteiger partial charge in [0.15, 0.2) is 11.5 Å². The van der Waals surface area contributed by atoms with E-state index in [-0.39, 0.29) is 17.9 Å². The minimum absolute atomic E-state index is 0.0920. The van der Waals surface area contributed by atoms with Gasteiger partial charge in [0.2, 0.25) is 5.91 Å². The van der Waals surface area contributed by atoms with Crippen LogP contribution in [0, 0.1) is 0 Å².